The maximum Gasteiger partial charge on any atom is 0.338 e. The third kappa shape index (κ3) is 2.36. The summed E-state index contributed by atoms with van der Waals surface area (Å²) in [5, 5.41) is 3.22. The third-order valence-corrected chi connectivity index (χ3v) is 6.16. The number of allylic oxidation sites excluding steroid dienone is 1. The van der Waals surface area contributed by atoms with Crippen molar-refractivity contribution in [2.24, 2.45) is 16.7 Å². The van der Waals surface area contributed by atoms with Crippen molar-refractivity contribution in [1.82, 2.24) is 0 Å². The number of Topliss-reactive ketones (excluding diaryl/α,β-unsaturated/α-hetero) is 1. The summed E-state index contributed by atoms with van der Waals surface area (Å²) in [7, 11) is 0. The molecule has 4 heteroatoms. The molecule has 0 aromatic heterocycles. The third-order valence-electron chi connectivity index (χ3n) is 6.16. The van der Waals surface area contributed by atoms with E-state index in [9.17, 15) is 9.59 Å². The van der Waals surface area contributed by atoms with Gasteiger partial charge in [0.15, 0.2) is 5.78 Å². The van der Waals surface area contributed by atoms with Gasteiger partial charge in [-0.2, -0.15) is 0 Å². The van der Waals surface area contributed by atoms with Crippen molar-refractivity contribution in [3.8, 4) is 0 Å². The van der Waals surface area contributed by atoms with E-state index in [1.54, 1.807) is 19.1 Å². The molecule has 1 N–H and O–H groups in total. The summed E-state index contributed by atoms with van der Waals surface area (Å²) >= 11 is 0. The van der Waals surface area contributed by atoms with Gasteiger partial charge in [-0.05, 0) is 55.4 Å². The highest BCUT2D eigenvalue weighted by atomic mass is 16.5. The Morgan fingerprint density at radius 3 is 2.50 bits per heavy atom. The van der Waals surface area contributed by atoms with Crippen molar-refractivity contribution < 1.29 is 14.3 Å². The van der Waals surface area contributed by atoms with Crippen LogP contribution in [0.15, 0.2) is 36.0 Å². The van der Waals surface area contributed by atoms with Gasteiger partial charge < -0.3 is 10.1 Å². The van der Waals surface area contributed by atoms with Gasteiger partial charge in [0, 0.05) is 22.9 Å². The number of esters is 1. The number of ether oxygens (including phenoxy) is 1. The van der Waals surface area contributed by atoms with Gasteiger partial charge >= 0.3 is 5.97 Å². The van der Waals surface area contributed by atoms with Crippen LogP contribution >= 0.6 is 0 Å². The Balaban J connectivity index is 1.75. The monoisotopic (exact) mass is 327 g/mol. The summed E-state index contributed by atoms with van der Waals surface area (Å²) in [6.45, 7) is 8.66. The normalized spacial score (nSPS) is 29.1. The maximum atomic E-state index is 12.8. The zero-order valence-electron chi connectivity index (χ0n) is 14.8. The molecule has 2 aliphatic carbocycles. The number of nitrogens with one attached hydrogen (secondary N) is 1. The van der Waals surface area contributed by atoms with Crippen LogP contribution in [-0.2, 0) is 9.53 Å². The molecule has 0 heterocycles. The number of carbonyl (C=O) groups is 2. The molecule has 2 atom stereocenters. The summed E-state index contributed by atoms with van der Waals surface area (Å²) in [4.78, 5) is 24.4. The minimum atomic E-state index is -0.319. The molecule has 3 rings (SSSR count). The van der Waals surface area contributed by atoms with Crippen LogP contribution in [-0.4, -0.2) is 18.4 Å². The second-order valence-electron chi connectivity index (χ2n) is 7.52. The Morgan fingerprint density at radius 1 is 1.29 bits per heavy atom. The largest absolute Gasteiger partial charge is 0.462 e. The first kappa shape index (κ1) is 16.7. The lowest BCUT2D eigenvalue weighted by molar-refractivity contribution is -0.125. The molecular formula is C20H25NO3. The highest BCUT2D eigenvalue weighted by Gasteiger charge is 2.63. The second kappa shape index (κ2) is 5.76. The second-order valence-corrected chi connectivity index (χ2v) is 7.52. The molecule has 4 nitrogen and oxygen atoms in total. The summed E-state index contributed by atoms with van der Waals surface area (Å²) in [5.41, 5.74) is 2.07. The molecule has 0 radical (unpaired) electrons. The smallest absolute Gasteiger partial charge is 0.338 e. The zero-order valence-corrected chi connectivity index (χ0v) is 14.8. The molecule has 24 heavy (non-hydrogen) atoms. The fourth-order valence-corrected chi connectivity index (χ4v) is 4.17. The number of benzene rings is 1. The van der Waals surface area contributed by atoms with Gasteiger partial charge in [-0.3, -0.25) is 4.79 Å². The minimum absolute atomic E-state index is 0.0192. The maximum absolute atomic E-state index is 12.8. The Bertz CT molecular complexity index is 702. The Morgan fingerprint density at radius 2 is 1.96 bits per heavy atom. The SMILES string of the molecule is CCOC(=O)c1ccc(N/C=C2\C(=O)[C@]3(C)CC[C@@H]2C3(C)C)cc1. The Kier molecular flexibility index (Phi) is 4.02. The van der Waals surface area contributed by atoms with Gasteiger partial charge in [-0.15, -0.1) is 0 Å². The summed E-state index contributed by atoms with van der Waals surface area (Å²) in [5.74, 6) is 0.279. The van der Waals surface area contributed by atoms with Crippen LogP contribution in [0.1, 0.15) is 50.9 Å². The number of rotatable bonds is 4. The molecule has 2 saturated carbocycles. The van der Waals surface area contributed by atoms with E-state index < -0.39 is 0 Å². The molecule has 1 aromatic rings. The van der Waals surface area contributed by atoms with Crippen LogP contribution in [0.3, 0.4) is 0 Å². The fourth-order valence-electron chi connectivity index (χ4n) is 4.17. The van der Waals surface area contributed by atoms with Gasteiger partial charge in [0.25, 0.3) is 0 Å². The first-order valence-electron chi connectivity index (χ1n) is 8.60. The van der Waals surface area contributed by atoms with Crippen molar-refractivity contribution >= 4 is 17.4 Å². The van der Waals surface area contributed by atoms with Gasteiger partial charge in [0.05, 0.1) is 12.2 Å². The lowest BCUT2D eigenvalue weighted by Crippen LogP contribution is -2.32. The Hall–Kier alpha value is -2.10. The van der Waals surface area contributed by atoms with Crippen LogP contribution in [0.2, 0.25) is 0 Å². The van der Waals surface area contributed by atoms with E-state index >= 15 is 0 Å². The standard InChI is InChI=1S/C20H25NO3/c1-5-24-18(23)13-6-8-14(9-7-13)21-12-15-16-10-11-20(4,17(15)22)19(16,2)3/h6-9,12,16,21H,5,10-11H2,1-4H3/b15-12-/t16-,20-/m0/s1. The van der Waals surface area contributed by atoms with Gasteiger partial charge in [0.2, 0.25) is 0 Å². The molecule has 2 bridgehead atoms. The number of hydrogen-bond donors (Lipinski definition) is 1. The molecule has 0 unspecified atom stereocenters. The molecule has 0 spiro atoms. The lowest BCUT2D eigenvalue weighted by Gasteiger charge is -2.31. The number of fused-ring (bicyclic) bond motifs is 2. The van der Waals surface area contributed by atoms with Crippen LogP contribution < -0.4 is 5.32 Å². The quantitative estimate of drug-likeness (QED) is 0.665. The molecule has 0 amide bonds. The predicted octanol–water partition coefficient (Wildman–Crippen LogP) is 4.18. The summed E-state index contributed by atoms with van der Waals surface area (Å²) in [6.07, 6.45) is 3.91. The van der Waals surface area contributed by atoms with Crippen LogP contribution in [0.25, 0.3) is 0 Å². The Labute approximate surface area is 143 Å². The van der Waals surface area contributed by atoms with Crippen LogP contribution in [0.4, 0.5) is 5.69 Å². The van der Waals surface area contributed by atoms with Crippen molar-refractivity contribution in [2.45, 2.75) is 40.5 Å². The minimum Gasteiger partial charge on any atom is -0.462 e. The van der Waals surface area contributed by atoms with E-state index in [1.165, 1.54) is 0 Å². The van der Waals surface area contributed by atoms with E-state index in [2.05, 4.69) is 26.1 Å². The predicted molar refractivity (Wildman–Crippen MR) is 93.7 cm³/mol. The fraction of sp³-hybridized carbons (Fsp3) is 0.500. The van der Waals surface area contributed by atoms with Crippen molar-refractivity contribution in [3.63, 3.8) is 0 Å². The zero-order chi connectivity index (χ0) is 17.5. The van der Waals surface area contributed by atoms with E-state index in [0.29, 0.717) is 18.1 Å². The van der Waals surface area contributed by atoms with Crippen molar-refractivity contribution in [1.29, 1.82) is 0 Å². The molecular weight excluding hydrogens is 302 g/mol. The topological polar surface area (TPSA) is 55.4 Å². The highest BCUT2D eigenvalue weighted by molar-refractivity contribution is 6.04. The molecule has 0 saturated heterocycles. The number of carbonyl (C=O) groups excluding carboxylic acids is 2. The molecule has 1 aromatic carbocycles. The average molecular weight is 327 g/mol. The van der Waals surface area contributed by atoms with Crippen LogP contribution in [0, 0.1) is 16.7 Å². The first-order valence-corrected chi connectivity index (χ1v) is 8.60. The summed E-state index contributed by atoms with van der Waals surface area (Å²) < 4.78 is 4.97. The summed E-state index contributed by atoms with van der Waals surface area (Å²) in [6, 6.07) is 7.11. The number of anilines is 1. The van der Waals surface area contributed by atoms with Crippen molar-refractivity contribution in [3.05, 3.63) is 41.6 Å². The lowest BCUT2D eigenvalue weighted by atomic mass is 9.70. The van der Waals surface area contributed by atoms with E-state index in [1.807, 2.05) is 18.3 Å². The highest BCUT2D eigenvalue weighted by Crippen LogP contribution is 2.65. The van der Waals surface area contributed by atoms with E-state index in [4.69, 9.17) is 4.74 Å². The van der Waals surface area contributed by atoms with Gasteiger partial charge in [0.1, 0.15) is 0 Å². The van der Waals surface area contributed by atoms with Crippen molar-refractivity contribution in [2.75, 3.05) is 11.9 Å². The molecule has 0 aliphatic heterocycles. The molecule has 128 valence electrons. The van der Waals surface area contributed by atoms with E-state index in [-0.39, 0.29) is 22.6 Å². The number of hydrogen-bond acceptors (Lipinski definition) is 4. The van der Waals surface area contributed by atoms with Gasteiger partial charge in [-0.25, -0.2) is 4.79 Å². The molecule has 2 fully saturated rings. The first-order chi connectivity index (χ1) is 11.3. The van der Waals surface area contributed by atoms with E-state index in [0.717, 1.165) is 24.1 Å². The van der Waals surface area contributed by atoms with Gasteiger partial charge in [-0.1, -0.05) is 20.8 Å². The molecule has 2 aliphatic rings. The van der Waals surface area contributed by atoms with Crippen LogP contribution in [0.5, 0.6) is 0 Å². The number of ketones is 1. The average Bonchev–Trinajstić information content (AvgIpc) is 2.86.